The lowest BCUT2D eigenvalue weighted by atomic mass is 9.95. The molecule has 0 aromatic heterocycles. The summed E-state index contributed by atoms with van der Waals surface area (Å²) in [6, 6.07) is -0.717. The molecule has 0 spiro atoms. The summed E-state index contributed by atoms with van der Waals surface area (Å²) in [6.07, 6.45) is 23.2. The number of unbranched alkanes of at least 4 members (excludes halogenated alkanes) is 13. The van der Waals surface area contributed by atoms with Crippen molar-refractivity contribution in [2.24, 2.45) is 28.3 Å². The van der Waals surface area contributed by atoms with Crippen molar-refractivity contribution in [3.8, 4) is 0 Å². The lowest BCUT2D eigenvalue weighted by Gasteiger charge is -2.18. The molecule has 304 valence electrons. The van der Waals surface area contributed by atoms with Crippen LogP contribution in [-0.2, 0) is 28.7 Å². The highest BCUT2D eigenvalue weighted by molar-refractivity contribution is 5.87. The number of nitrogens with one attached hydrogen (secondary N) is 2. The number of amides is 2. The first-order chi connectivity index (χ1) is 25.2. The van der Waals surface area contributed by atoms with Crippen molar-refractivity contribution in [3.05, 3.63) is 0 Å². The predicted octanol–water partition coefficient (Wildman–Crippen LogP) is 8.01. The largest absolute Gasteiger partial charge is 0.465 e. The van der Waals surface area contributed by atoms with Gasteiger partial charge >= 0.3 is 11.9 Å². The molecule has 11 heteroatoms. The van der Waals surface area contributed by atoms with Crippen molar-refractivity contribution in [2.45, 2.75) is 194 Å². The van der Waals surface area contributed by atoms with Crippen LogP contribution in [0.2, 0.25) is 0 Å². The summed E-state index contributed by atoms with van der Waals surface area (Å²) in [5.74, 6) is -0.529. The number of nitrogens with two attached hydrogens (primary N) is 2. The van der Waals surface area contributed by atoms with E-state index in [1.165, 1.54) is 19.3 Å². The Morgan fingerprint density at radius 3 is 1.65 bits per heavy atom. The quantitative estimate of drug-likeness (QED) is 0.0216. The van der Waals surface area contributed by atoms with Crippen LogP contribution in [0.25, 0.3) is 0 Å². The van der Waals surface area contributed by atoms with E-state index in [0.29, 0.717) is 32.6 Å². The van der Waals surface area contributed by atoms with Gasteiger partial charge in [-0.1, -0.05) is 118 Å². The van der Waals surface area contributed by atoms with Gasteiger partial charge in [-0.05, 0) is 64.2 Å². The highest BCUT2D eigenvalue weighted by Crippen LogP contribution is 2.20. The summed E-state index contributed by atoms with van der Waals surface area (Å²) in [5.41, 5.74) is 10.9. The monoisotopic (exact) mass is 738 g/mol. The summed E-state index contributed by atoms with van der Waals surface area (Å²) in [4.78, 5) is 54.7. The van der Waals surface area contributed by atoms with Crippen LogP contribution >= 0.6 is 0 Å². The number of rotatable bonds is 36. The first-order valence-electron chi connectivity index (χ1n) is 21.2. The molecule has 0 fully saturated rings. The minimum absolute atomic E-state index is 0.0187. The third-order valence-electron chi connectivity index (χ3n) is 9.54. The van der Waals surface area contributed by atoms with E-state index in [4.69, 9.17) is 20.9 Å². The van der Waals surface area contributed by atoms with Gasteiger partial charge in [0, 0.05) is 19.5 Å². The number of aliphatic imine (C=N–C) groups is 1. The molecule has 0 aromatic carbocycles. The van der Waals surface area contributed by atoms with Gasteiger partial charge in [0.2, 0.25) is 11.8 Å². The van der Waals surface area contributed by atoms with Crippen LogP contribution in [0.15, 0.2) is 4.99 Å². The number of carbonyl (C=O) groups excluding carboxylic acids is 4. The van der Waals surface area contributed by atoms with Crippen molar-refractivity contribution in [1.29, 1.82) is 0 Å². The van der Waals surface area contributed by atoms with Crippen molar-refractivity contribution >= 4 is 29.7 Å². The number of esters is 2. The maximum absolute atomic E-state index is 13.0. The van der Waals surface area contributed by atoms with E-state index in [9.17, 15) is 19.2 Å². The second-order valence-corrected chi connectivity index (χ2v) is 14.4. The number of ether oxygens (including phenoxy) is 2. The molecule has 0 radical (unpaired) electrons. The van der Waals surface area contributed by atoms with E-state index in [0.717, 1.165) is 128 Å². The zero-order valence-electron chi connectivity index (χ0n) is 33.8. The van der Waals surface area contributed by atoms with E-state index in [1.807, 2.05) is 0 Å². The van der Waals surface area contributed by atoms with Crippen LogP contribution < -0.4 is 22.1 Å². The maximum Gasteiger partial charge on any atom is 0.308 e. The first-order valence-corrected chi connectivity index (χ1v) is 21.2. The van der Waals surface area contributed by atoms with Crippen molar-refractivity contribution in [3.63, 3.8) is 0 Å². The molecule has 0 saturated carbocycles. The van der Waals surface area contributed by atoms with Crippen molar-refractivity contribution in [1.82, 2.24) is 10.6 Å². The molecule has 0 aromatic rings. The Morgan fingerprint density at radius 1 is 0.558 bits per heavy atom. The SMILES string of the molecule is CCCCCCC(CCCC)C(=O)OCCCCCCNC(=O)[C@H](CCN=C(N)N)NC(=O)CCCCCCCOC(=O)C(CCC)CCCCC. The summed E-state index contributed by atoms with van der Waals surface area (Å²) in [7, 11) is 0. The molecule has 2 amide bonds. The van der Waals surface area contributed by atoms with E-state index in [1.54, 1.807) is 0 Å². The van der Waals surface area contributed by atoms with Crippen LogP contribution in [0.4, 0.5) is 0 Å². The molecule has 0 heterocycles. The Labute approximate surface area is 317 Å². The molecule has 0 aliphatic carbocycles. The van der Waals surface area contributed by atoms with Crippen LogP contribution in [-0.4, -0.2) is 62.1 Å². The molecule has 11 nitrogen and oxygen atoms in total. The predicted molar refractivity (Wildman–Crippen MR) is 213 cm³/mol. The Balaban J connectivity index is 4.35. The molecule has 0 aliphatic rings. The smallest absolute Gasteiger partial charge is 0.308 e. The molecule has 0 aliphatic heterocycles. The molecule has 2 unspecified atom stereocenters. The third kappa shape index (κ3) is 28.7. The number of nitrogens with zero attached hydrogens (tertiary/aromatic N) is 1. The zero-order chi connectivity index (χ0) is 38.7. The molecule has 0 bridgehead atoms. The fourth-order valence-electron chi connectivity index (χ4n) is 6.29. The van der Waals surface area contributed by atoms with Gasteiger partial charge in [0.15, 0.2) is 5.96 Å². The van der Waals surface area contributed by atoms with Crippen LogP contribution in [0.1, 0.15) is 188 Å². The first kappa shape index (κ1) is 49.1. The van der Waals surface area contributed by atoms with Crippen molar-refractivity contribution < 1.29 is 28.7 Å². The van der Waals surface area contributed by atoms with Gasteiger partial charge in [0.25, 0.3) is 0 Å². The van der Waals surface area contributed by atoms with Gasteiger partial charge in [-0.15, -0.1) is 0 Å². The second kappa shape index (κ2) is 35.2. The summed E-state index contributed by atoms with van der Waals surface area (Å²) < 4.78 is 11.2. The highest BCUT2D eigenvalue weighted by Gasteiger charge is 2.21. The fraction of sp³-hybridized carbons (Fsp3) is 0.878. The third-order valence-corrected chi connectivity index (χ3v) is 9.54. The van der Waals surface area contributed by atoms with E-state index >= 15 is 0 Å². The minimum Gasteiger partial charge on any atom is -0.465 e. The maximum atomic E-state index is 13.0. The Bertz CT molecular complexity index is 943. The average Bonchev–Trinajstić information content (AvgIpc) is 3.12. The van der Waals surface area contributed by atoms with Crippen LogP contribution in [0.5, 0.6) is 0 Å². The molecule has 52 heavy (non-hydrogen) atoms. The molecule has 6 N–H and O–H groups in total. The van der Waals surface area contributed by atoms with Crippen molar-refractivity contribution in [2.75, 3.05) is 26.3 Å². The molecule has 0 rings (SSSR count). The van der Waals surface area contributed by atoms with Gasteiger partial charge in [0.1, 0.15) is 6.04 Å². The number of carbonyl (C=O) groups is 4. The van der Waals surface area contributed by atoms with Crippen LogP contribution in [0, 0.1) is 11.8 Å². The van der Waals surface area contributed by atoms with Gasteiger partial charge in [-0.2, -0.15) is 0 Å². The molecular weight excluding hydrogens is 658 g/mol. The standard InChI is InChI=1S/C41H79N5O6/c1-5-9-12-19-27-35(25-11-7-3)40(50)52-33-23-17-15-21-30-44-38(48)36(29-31-45-41(42)43)46-37(47)28-20-14-13-16-22-32-51-39(49)34(24-8-4)26-18-10-6-2/h34-36H,5-33H2,1-4H3,(H,44,48)(H,46,47)(H4,42,43,45)/t34?,35?,36-/m0/s1. The average molecular weight is 738 g/mol. The van der Waals surface area contributed by atoms with Crippen LogP contribution in [0.3, 0.4) is 0 Å². The second-order valence-electron chi connectivity index (χ2n) is 14.4. The van der Waals surface area contributed by atoms with Gasteiger partial charge in [0.05, 0.1) is 25.0 Å². The highest BCUT2D eigenvalue weighted by atomic mass is 16.5. The zero-order valence-corrected chi connectivity index (χ0v) is 33.8. The minimum atomic E-state index is -0.717. The topological polar surface area (TPSA) is 175 Å². The molecule has 0 saturated heterocycles. The van der Waals surface area contributed by atoms with E-state index < -0.39 is 6.04 Å². The Hall–Kier alpha value is -2.85. The van der Waals surface area contributed by atoms with E-state index in [2.05, 4.69) is 43.3 Å². The normalized spacial score (nSPS) is 12.8. The molecular formula is C41H79N5O6. The summed E-state index contributed by atoms with van der Waals surface area (Å²) in [5, 5.41) is 5.81. The summed E-state index contributed by atoms with van der Waals surface area (Å²) in [6.45, 7) is 10.2. The fourth-order valence-corrected chi connectivity index (χ4v) is 6.29. The van der Waals surface area contributed by atoms with Gasteiger partial charge in [-0.3, -0.25) is 24.2 Å². The molecule has 3 atom stereocenters. The summed E-state index contributed by atoms with van der Waals surface area (Å²) >= 11 is 0. The van der Waals surface area contributed by atoms with Gasteiger partial charge in [-0.25, -0.2) is 0 Å². The van der Waals surface area contributed by atoms with E-state index in [-0.39, 0.29) is 48.1 Å². The van der Waals surface area contributed by atoms with Gasteiger partial charge < -0.3 is 31.6 Å². The Morgan fingerprint density at radius 2 is 1.06 bits per heavy atom. The lowest BCUT2D eigenvalue weighted by Crippen LogP contribution is -2.47. The lowest BCUT2D eigenvalue weighted by molar-refractivity contribution is -0.150. The Kier molecular flexibility index (Phi) is 33.3. The number of hydrogen-bond acceptors (Lipinski definition) is 7. The number of guanidine groups is 1. The number of hydrogen-bond donors (Lipinski definition) is 4.